The molecule has 0 aliphatic rings. The molecule has 10 heteroatoms. The zero-order valence-corrected chi connectivity index (χ0v) is 17.3. The first-order chi connectivity index (χ1) is 15.5. The molecule has 0 bridgehead atoms. The third-order valence-electron chi connectivity index (χ3n) is 4.89. The number of aromatic nitrogens is 4. The van der Waals surface area contributed by atoms with Crippen molar-refractivity contribution in [3.8, 4) is 5.88 Å². The number of halogens is 2. The molecule has 164 valence electrons. The number of nitrogens with one attached hydrogen (secondary N) is 2. The zero-order valence-electron chi connectivity index (χ0n) is 17.3. The average molecular weight is 439 g/mol. The molecule has 0 radical (unpaired) electrons. The topological polar surface area (TPSA) is 102 Å². The van der Waals surface area contributed by atoms with E-state index in [1.165, 1.54) is 26.5 Å². The lowest BCUT2D eigenvalue weighted by molar-refractivity contribution is 0.0600. The summed E-state index contributed by atoms with van der Waals surface area (Å²) in [5, 5.41) is 3.64. The van der Waals surface area contributed by atoms with E-state index in [1.54, 1.807) is 24.4 Å². The van der Waals surface area contributed by atoms with E-state index in [2.05, 4.69) is 25.3 Å². The Morgan fingerprint density at radius 2 is 1.94 bits per heavy atom. The van der Waals surface area contributed by atoms with Gasteiger partial charge in [0, 0.05) is 41.9 Å². The maximum atomic E-state index is 14.7. The second kappa shape index (κ2) is 8.96. The van der Waals surface area contributed by atoms with Crippen molar-refractivity contribution in [1.29, 1.82) is 0 Å². The van der Waals surface area contributed by atoms with Crippen LogP contribution in [0.5, 0.6) is 5.88 Å². The predicted octanol–water partition coefficient (Wildman–Crippen LogP) is 3.63. The maximum Gasteiger partial charge on any atom is 0.339 e. The molecule has 0 amide bonds. The number of esters is 1. The number of methoxy groups -OCH3 is 2. The fourth-order valence-corrected chi connectivity index (χ4v) is 3.30. The van der Waals surface area contributed by atoms with Gasteiger partial charge in [0.15, 0.2) is 0 Å². The molecule has 32 heavy (non-hydrogen) atoms. The highest BCUT2D eigenvalue weighted by Gasteiger charge is 2.14. The standard InChI is InChI=1S/C22H19F2N5O3/c1-31-21-14(6-16(23)11-28-21)9-25-18-4-3-12(19(24)29-18)5-13-8-26-20-17(13)7-15(10-27-20)22(30)32-2/h3-4,6-8,10-11H,5,9H2,1-2H3,(H,25,29)(H,26,27). The molecule has 0 aliphatic carbocycles. The normalized spacial score (nSPS) is 10.9. The molecule has 4 rings (SSSR count). The van der Waals surface area contributed by atoms with Crippen molar-refractivity contribution in [3.63, 3.8) is 0 Å². The first kappa shape index (κ1) is 21.2. The van der Waals surface area contributed by atoms with E-state index in [1.807, 2.05) is 0 Å². The van der Waals surface area contributed by atoms with Crippen LogP contribution in [0.25, 0.3) is 11.0 Å². The number of ether oxygens (including phenoxy) is 2. The monoisotopic (exact) mass is 439 g/mol. The summed E-state index contributed by atoms with van der Waals surface area (Å²) < 4.78 is 38.0. The number of H-pyrrole nitrogens is 1. The summed E-state index contributed by atoms with van der Waals surface area (Å²) in [6.45, 7) is 0.157. The molecular formula is C22H19F2N5O3. The number of rotatable bonds is 7. The lowest BCUT2D eigenvalue weighted by Crippen LogP contribution is -2.06. The van der Waals surface area contributed by atoms with Crippen LogP contribution in [-0.2, 0) is 17.7 Å². The van der Waals surface area contributed by atoms with Crippen LogP contribution in [0.3, 0.4) is 0 Å². The highest BCUT2D eigenvalue weighted by atomic mass is 19.1. The molecule has 0 aliphatic heterocycles. The summed E-state index contributed by atoms with van der Waals surface area (Å²) in [6.07, 6.45) is 4.43. The molecule has 0 fully saturated rings. The van der Waals surface area contributed by atoms with Gasteiger partial charge in [-0.15, -0.1) is 0 Å². The van der Waals surface area contributed by atoms with Gasteiger partial charge in [0.25, 0.3) is 0 Å². The highest BCUT2D eigenvalue weighted by Crippen LogP contribution is 2.23. The lowest BCUT2D eigenvalue weighted by atomic mass is 10.1. The SMILES string of the molecule is COC(=O)c1cnc2[nH]cc(Cc3ccc(NCc4cc(F)cnc4OC)nc3F)c2c1. The van der Waals surface area contributed by atoms with Crippen LogP contribution in [-0.4, -0.2) is 40.1 Å². The lowest BCUT2D eigenvalue weighted by Gasteiger charge is -2.10. The van der Waals surface area contributed by atoms with Crippen molar-refractivity contribution in [2.24, 2.45) is 0 Å². The van der Waals surface area contributed by atoms with Crippen molar-refractivity contribution in [3.05, 3.63) is 76.9 Å². The van der Waals surface area contributed by atoms with Crippen LogP contribution in [0.1, 0.15) is 27.0 Å². The Labute approximate surface area is 181 Å². The Bertz CT molecular complexity index is 1290. The quantitative estimate of drug-likeness (QED) is 0.335. The molecule has 8 nitrogen and oxygen atoms in total. The second-order valence-corrected chi connectivity index (χ2v) is 6.92. The number of fused-ring (bicyclic) bond motifs is 1. The second-order valence-electron chi connectivity index (χ2n) is 6.92. The minimum atomic E-state index is -0.647. The Kier molecular flexibility index (Phi) is 5.93. The number of anilines is 1. The smallest absolute Gasteiger partial charge is 0.339 e. The Balaban J connectivity index is 1.52. The zero-order chi connectivity index (χ0) is 22.7. The van der Waals surface area contributed by atoms with E-state index in [-0.39, 0.29) is 24.7 Å². The first-order valence-electron chi connectivity index (χ1n) is 9.60. The number of hydrogen-bond donors (Lipinski definition) is 2. The predicted molar refractivity (Wildman–Crippen MR) is 113 cm³/mol. The van der Waals surface area contributed by atoms with E-state index in [9.17, 15) is 13.6 Å². The van der Waals surface area contributed by atoms with E-state index in [0.717, 1.165) is 11.8 Å². The first-order valence-corrected chi connectivity index (χ1v) is 9.60. The summed E-state index contributed by atoms with van der Waals surface area (Å²) >= 11 is 0. The van der Waals surface area contributed by atoms with Crippen LogP contribution < -0.4 is 10.1 Å². The van der Waals surface area contributed by atoms with Gasteiger partial charge in [-0.25, -0.2) is 24.1 Å². The number of hydrogen-bond acceptors (Lipinski definition) is 7. The molecule has 4 aromatic rings. The summed E-state index contributed by atoms with van der Waals surface area (Å²) in [7, 11) is 2.73. The van der Waals surface area contributed by atoms with Crippen LogP contribution in [0.2, 0.25) is 0 Å². The fraction of sp³-hybridized carbons (Fsp3) is 0.182. The Hall–Kier alpha value is -4.08. The maximum absolute atomic E-state index is 14.7. The van der Waals surface area contributed by atoms with Crippen LogP contribution in [0.4, 0.5) is 14.6 Å². The number of aromatic amines is 1. The summed E-state index contributed by atoms with van der Waals surface area (Å²) in [5.74, 6) is -1.09. The van der Waals surface area contributed by atoms with Crippen LogP contribution >= 0.6 is 0 Å². The van der Waals surface area contributed by atoms with Gasteiger partial charge < -0.3 is 19.8 Å². The van der Waals surface area contributed by atoms with E-state index in [0.29, 0.717) is 27.7 Å². The van der Waals surface area contributed by atoms with Crippen LogP contribution in [0, 0.1) is 11.8 Å². The summed E-state index contributed by atoms with van der Waals surface area (Å²) in [4.78, 5) is 26.8. The van der Waals surface area contributed by atoms with E-state index < -0.39 is 17.7 Å². The van der Waals surface area contributed by atoms with Gasteiger partial charge >= 0.3 is 5.97 Å². The minimum Gasteiger partial charge on any atom is -0.481 e. The van der Waals surface area contributed by atoms with Gasteiger partial charge in [0.05, 0.1) is 26.0 Å². The molecule has 0 saturated heterocycles. The van der Waals surface area contributed by atoms with Crippen molar-refractivity contribution in [2.75, 3.05) is 19.5 Å². The van der Waals surface area contributed by atoms with Crippen molar-refractivity contribution in [2.45, 2.75) is 13.0 Å². The molecule has 0 spiro atoms. The number of carbonyl (C=O) groups excluding carboxylic acids is 1. The van der Waals surface area contributed by atoms with Gasteiger partial charge in [-0.3, -0.25) is 0 Å². The summed E-state index contributed by atoms with van der Waals surface area (Å²) in [5.41, 5.74) is 2.49. The van der Waals surface area contributed by atoms with Gasteiger partial charge in [0.1, 0.15) is 17.3 Å². The van der Waals surface area contributed by atoms with Gasteiger partial charge in [-0.05, 0) is 23.8 Å². The molecule has 4 heterocycles. The van der Waals surface area contributed by atoms with E-state index >= 15 is 0 Å². The van der Waals surface area contributed by atoms with Crippen molar-refractivity contribution < 1.29 is 23.0 Å². The number of carbonyl (C=O) groups is 1. The van der Waals surface area contributed by atoms with Gasteiger partial charge in [0.2, 0.25) is 11.8 Å². The Morgan fingerprint density at radius 1 is 1.09 bits per heavy atom. The van der Waals surface area contributed by atoms with Gasteiger partial charge in [-0.2, -0.15) is 4.39 Å². The molecule has 2 N–H and O–H groups in total. The number of nitrogens with zero attached hydrogens (tertiary/aromatic N) is 3. The fourth-order valence-electron chi connectivity index (χ4n) is 3.30. The molecule has 4 aromatic heterocycles. The molecule has 0 saturated carbocycles. The third-order valence-corrected chi connectivity index (χ3v) is 4.89. The van der Waals surface area contributed by atoms with Gasteiger partial charge in [-0.1, -0.05) is 6.07 Å². The molecule has 0 atom stereocenters. The largest absolute Gasteiger partial charge is 0.481 e. The Morgan fingerprint density at radius 3 is 2.69 bits per heavy atom. The average Bonchev–Trinajstić information content (AvgIpc) is 3.20. The minimum absolute atomic E-state index is 0.157. The van der Waals surface area contributed by atoms with Crippen LogP contribution in [0.15, 0.2) is 42.9 Å². The molecular weight excluding hydrogens is 420 g/mol. The number of pyridine rings is 3. The highest BCUT2D eigenvalue weighted by molar-refractivity contribution is 5.94. The van der Waals surface area contributed by atoms with Crippen molar-refractivity contribution >= 4 is 22.8 Å². The summed E-state index contributed by atoms with van der Waals surface area (Å²) in [6, 6.07) is 6.19. The van der Waals surface area contributed by atoms with Crippen molar-refractivity contribution in [1.82, 2.24) is 19.9 Å². The van der Waals surface area contributed by atoms with E-state index in [4.69, 9.17) is 9.47 Å². The molecule has 0 unspecified atom stereocenters. The molecule has 0 aromatic carbocycles. The third kappa shape index (κ3) is 4.34.